The van der Waals surface area contributed by atoms with Crippen molar-refractivity contribution in [2.45, 2.75) is 138 Å². The molecule has 1 aliphatic rings. The monoisotopic (exact) mass is 548 g/mol. The third-order valence-corrected chi connectivity index (χ3v) is 8.63. The first-order valence-corrected chi connectivity index (χ1v) is 15.3. The van der Waals surface area contributed by atoms with Crippen molar-refractivity contribution in [3.8, 4) is 11.5 Å². The number of fused-ring (bicyclic) bond motifs is 1. The molecule has 0 saturated heterocycles. The second-order valence-electron chi connectivity index (χ2n) is 12.9. The summed E-state index contributed by atoms with van der Waals surface area (Å²) in [6.45, 7) is 16.8. The highest BCUT2D eigenvalue weighted by Crippen LogP contribution is 2.45. The van der Waals surface area contributed by atoms with E-state index in [1.165, 1.54) is 51.4 Å². The van der Waals surface area contributed by atoms with Gasteiger partial charge in [-0.3, -0.25) is 0 Å². The molecule has 0 bridgehead atoms. The Morgan fingerprint density at radius 1 is 0.923 bits per heavy atom. The first-order valence-electron chi connectivity index (χ1n) is 15.3. The lowest BCUT2D eigenvalue weighted by molar-refractivity contribution is 0.0173. The van der Waals surface area contributed by atoms with E-state index in [-0.39, 0.29) is 12.2 Å². The number of carbonyl (C=O) groups excluding carboxylic acids is 1. The number of benzene rings is 1. The van der Waals surface area contributed by atoms with Crippen molar-refractivity contribution in [3.05, 3.63) is 22.3 Å². The average Bonchev–Trinajstić information content (AvgIpc) is 2.88. The van der Waals surface area contributed by atoms with Crippen LogP contribution in [-0.2, 0) is 11.2 Å². The summed E-state index contributed by atoms with van der Waals surface area (Å²) < 4.78 is 17.2. The molecule has 6 heteroatoms. The fourth-order valence-electron chi connectivity index (χ4n) is 5.74. The minimum absolute atomic E-state index is 0.191. The topological polar surface area (TPSA) is 85.2 Å². The van der Waals surface area contributed by atoms with Crippen LogP contribution in [-0.4, -0.2) is 41.3 Å². The molecule has 0 aromatic heterocycles. The Hall–Kier alpha value is -1.79. The molecule has 0 amide bonds. The van der Waals surface area contributed by atoms with Gasteiger partial charge in [-0.25, -0.2) is 4.79 Å². The van der Waals surface area contributed by atoms with Crippen LogP contribution in [0.3, 0.4) is 0 Å². The number of aliphatic hydroxyl groups is 2. The molecule has 39 heavy (non-hydrogen) atoms. The molecular weight excluding hydrogens is 492 g/mol. The van der Waals surface area contributed by atoms with Crippen molar-refractivity contribution in [1.82, 2.24) is 0 Å². The Labute approximate surface area is 237 Å². The first-order chi connectivity index (χ1) is 18.4. The van der Waals surface area contributed by atoms with Gasteiger partial charge in [0, 0.05) is 5.56 Å². The van der Waals surface area contributed by atoms with Gasteiger partial charge in [-0.2, -0.15) is 0 Å². The number of aliphatic hydroxyl groups excluding tert-OH is 2. The molecule has 4 atom stereocenters. The van der Waals surface area contributed by atoms with E-state index in [4.69, 9.17) is 19.3 Å². The van der Waals surface area contributed by atoms with Gasteiger partial charge >= 0.3 is 6.16 Å². The predicted molar refractivity (Wildman–Crippen MR) is 158 cm³/mol. The quantitative estimate of drug-likeness (QED) is 0.161. The predicted octanol–water partition coefficient (Wildman–Crippen LogP) is 8.00. The van der Waals surface area contributed by atoms with E-state index in [2.05, 4.69) is 34.6 Å². The fraction of sp³-hybridized carbons (Fsp3) is 0.788. The van der Waals surface area contributed by atoms with E-state index in [0.717, 1.165) is 65.0 Å². The molecule has 2 rings (SSSR count). The average molecular weight is 549 g/mol. The summed E-state index contributed by atoms with van der Waals surface area (Å²) in [7, 11) is 0. The SMILES string of the molecule is Cc1c(C)c2c(c(C)c1OC(=O)OCC(O)CO)CCC(C)(CCCC(C)CCCC(C)CCCC(C)C)O2. The van der Waals surface area contributed by atoms with Crippen LogP contribution in [0, 0.1) is 38.5 Å². The summed E-state index contributed by atoms with van der Waals surface area (Å²) in [6, 6.07) is 0. The van der Waals surface area contributed by atoms with Gasteiger partial charge in [0.2, 0.25) is 0 Å². The summed E-state index contributed by atoms with van der Waals surface area (Å²) in [6.07, 6.45) is 11.3. The van der Waals surface area contributed by atoms with Gasteiger partial charge in [-0.15, -0.1) is 0 Å². The van der Waals surface area contributed by atoms with Crippen LogP contribution < -0.4 is 9.47 Å². The smallest absolute Gasteiger partial charge is 0.487 e. The van der Waals surface area contributed by atoms with Crippen LogP contribution in [0.4, 0.5) is 4.79 Å². The molecule has 0 saturated carbocycles. The molecule has 1 aromatic rings. The van der Waals surface area contributed by atoms with Gasteiger partial charge in [-0.1, -0.05) is 72.6 Å². The molecule has 0 fully saturated rings. The van der Waals surface area contributed by atoms with Crippen molar-refractivity contribution in [2.75, 3.05) is 13.2 Å². The minimum atomic E-state index is -1.12. The lowest BCUT2D eigenvalue weighted by Gasteiger charge is -2.38. The van der Waals surface area contributed by atoms with Crippen molar-refractivity contribution < 1.29 is 29.2 Å². The largest absolute Gasteiger partial charge is 0.513 e. The Morgan fingerprint density at radius 3 is 2.10 bits per heavy atom. The van der Waals surface area contributed by atoms with Crippen molar-refractivity contribution >= 4 is 6.16 Å². The summed E-state index contributed by atoms with van der Waals surface area (Å²) in [5, 5.41) is 18.3. The standard InChI is InChI=1S/C33H56O6/c1-22(2)12-9-13-23(3)14-10-15-24(4)16-11-18-33(8)19-17-29-27(7)30(25(5)26(6)31(29)39-33)38-32(36)37-21-28(35)20-34/h22-24,28,34-35H,9-21H2,1-8H3. The Bertz CT molecular complexity index is 910. The van der Waals surface area contributed by atoms with E-state index in [1.54, 1.807) is 0 Å². The molecule has 6 nitrogen and oxygen atoms in total. The van der Waals surface area contributed by atoms with Crippen LogP contribution >= 0.6 is 0 Å². The Balaban J connectivity index is 1.87. The zero-order valence-corrected chi connectivity index (χ0v) is 26.0. The van der Waals surface area contributed by atoms with Gasteiger partial charge < -0.3 is 24.4 Å². The zero-order chi connectivity index (χ0) is 29.2. The summed E-state index contributed by atoms with van der Waals surface area (Å²) in [5.41, 5.74) is 3.62. The highest BCUT2D eigenvalue weighted by molar-refractivity contribution is 5.68. The van der Waals surface area contributed by atoms with Gasteiger partial charge in [-0.05, 0) is 87.8 Å². The molecule has 1 aliphatic heterocycles. The van der Waals surface area contributed by atoms with E-state index >= 15 is 0 Å². The summed E-state index contributed by atoms with van der Waals surface area (Å²) >= 11 is 0. The molecule has 0 spiro atoms. The molecule has 1 aromatic carbocycles. The lowest BCUT2D eigenvalue weighted by atomic mass is 9.83. The Kier molecular flexibility index (Phi) is 13.6. The van der Waals surface area contributed by atoms with Gasteiger partial charge in [0.1, 0.15) is 29.8 Å². The fourth-order valence-corrected chi connectivity index (χ4v) is 5.74. The van der Waals surface area contributed by atoms with E-state index in [9.17, 15) is 9.90 Å². The highest BCUT2D eigenvalue weighted by atomic mass is 16.7. The number of hydrogen-bond acceptors (Lipinski definition) is 6. The summed E-state index contributed by atoms with van der Waals surface area (Å²) in [5.74, 6) is 3.83. The van der Waals surface area contributed by atoms with Crippen molar-refractivity contribution in [2.24, 2.45) is 17.8 Å². The van der Waals surface area contributed by atoms with Crippen LogP contribution in [0.15, 0.2) is 0 Å². The second-order valence-corrected chi connectivity index (χ2v) is 12.9. The molecule has 0 aliphatic carbocycles. The minimum Gasteiger partial charge on any atom is -0.487 e. The van der Waals surface area contributed by atoms with E-state index < -0.39 is 18.9 Å². The number of hydrogen-bond donors (Lipinski definition) is 2. The maximum Gasteiger partial charge on any atom is 0.513 e. The van der Waals surface area contributed by atoms with E-state index in [0.29, 0.717) is 5.75 Å². The third kappa shape index (κ3) is 10.6. The van der Waals surface area contributed by atoms with E-state index in [1.807, 2.05) is 20.8 Å². The van der Waals surface area contributed by atoms with Crippen LogP contribution in [0.25, 0.3) is 0 Å². The molecular formula is C33H56O6. The maximum atomic E-state index is 12.2. The highest BCUT2D eigenvalue weighted by Gasteiger charge is 2.35. The molecule has 2 N–H and O–H groups in total. The second kappa shape index (κ2) is 15.9. The first kappa shape index (κ1) is 33.4. The van der Waals surface area contributed by atoms with Gasteiger partial charge in [0.25, 0.3) is 0 Å². The van der Waals surface area contributed by atoms with Gasteiger partial charge in [0.15, 0.2) is 0 Å². The number of carbonyl (C=O) groups is 1. The lowest BCUT2D eigenvalue weighted by Crippen LogP contribution is -2.37. The molecule has 224 valence electrons. The number of ether oxygens (including phenoxy) is 3. The third-order valence-electron chi connectivity index (χ3n) is 8.63. The zero-order valence-electron chi connectivity index (χ0n) is 26.0. The van der Waals surface area contributed by atoms with Crippen molar-refractivity contribution in [3.63, 3.8) is 0 Å². The van der Waals surface area contributed by atoms with Gasteiger partial charge in [0.05, 0.1) is 6.61 Å². The molecule has 1 heterocycles. The van der Waals surface area contributed by atoms with Crippen LogP contribution in [0.5, 0.6) is 11.5 Å². The molecule has 4 unspecified atom stereocenters. The number of rotatable bonds is 16. The van der Waals surface area contributed by atoms with Crippen LogP contribution in [0.1, 0.15) is 121 Å². The van der Waals surface area contributed by atoms with Crippen molar-refractivity contribution in [1.29, 1.82) is 0 Å². The maximum absolute atomic E-state index is 12.2. The summed E-state index contributed by atoms with van der Waals surface area (Å²) in [4.78, 5) is 12.2. The Morgan fingerprint density at radius 2 is 1.51 bits per heavy atom. The van der Waals surface area contributed by atoms with Crippen LogP contribution in [0.2, 0.25) is 0 Å². The normalized spacial score (nSPS) is 19.3. The molecule has 0 radical (unpaired) electrons.